The molecule has 2 aromatic carbocycles. The molecule has 0 saturated heterocycles. The summed E-state index contributed by atoms with van der Waals surface area (Å²) in [5.41, 5.74) is 4.49. The number of likely N-dealkylation sites (N-methyl/N-ethyl adjacent to an activating group) is 1. The average molecular weight is 469 g/mol. The maximum atomic E-state index is 13.2. The van der Waals surface area contributed by atoms with Gasteiger partial charge in [0.25, 0.3) is 5.91 Å². The summed E-state index contributed by atoms with van der Waals surface area (Å²) in [6.07, 6.45) is 2.60. The number of rotatable bonds is 3. The molecule has 0 radical (unpaired) electrons. The second kappa shape index (κ2) is 8.24. The van der Waals surface area contributed by atoms with Crippen LogP contribution in [0.15, 0.2) is 42.6 Å². The molecule has 3 aromatic rings. The average Bonchev–Trinajstić information content (AvgIpc) is 2.76. The Bertz CT molecular complexity index is 1200. The van der Waals surface area contributed by atoms with Crippen molar-refractivity contribution in [2.24, 2.45) is 0 Å². The number of nitrogens with zero attached hydrogens (tertiary/aromatic N) is 5. The Balaban J connectivity index is 1.43. The number of nitrogens with one attached hydrogen (secondary N) is 1. The first-order chi connectivity index (χ1) is 15.4. The number of amides is 1. The molecule has 32 heavy (non-hydrogen) atoms. The molecule has 7 nitrogen and oxygen atoms in total. The summed E-state index contributed by atoms with van der Waals surface area (Å²) in [5.74, 6) is 0.762. The molecule has 0 atom stereocenters. The smallest absolute Gasteiger partial charge is 0.265 e. The van der Waals surface area contributed by atoms with Gasteiger partial charge in [-0.05, 0) is 48.9 Å². The molecule has 164 valence electrons. The lowest BCUT2D eigenvalue weighted by Gasteiger charge is -2.35. The van der Waals surface area contributed by atoms with Crippen molar-refractivity contribution >= 4 is 52.3 Å². The third-order valence-electron chi connectivity index (χ3n) is 5.83. The zero-order chi connectivity index (χ0) is 22.4. The summed E-state index contributed by atoms with van der Waals surface area (Å²) in [6.45, 7) is 2.27. The highest BCUT2D eigenvalue weighted by Crippen LogP contribution is 2.37. The molecule has 3 heterocycles. The zero-order valence-electron chi connectivity index (χ0n) is 17.8. The van der Waals surface area contributed by atoms with Crippen molar-refractivity contribution in [1.82, 2.24) is 14.9 Å². The number of fused-ring (bicyclic) bond motifs is 2. The first kappa shape index (κ1) is 21.0. The number of carbonyl (C=O) groups excluding carboxylic acids is 1. The van der Waals surface area contributed by atoms with Gasteiger partial charge in [0, 0.05) is 32.0 Å². The third kappa shape index (κ3) is 3.77. The van der Waals surface area contributed by atoms with Crippen molar-refractivity contribution in [2.45, 2.75) is 13.0 Å². The third-order valence-corrected chi connectivity index (χ3v) is 6.44. The molecule has 1 amide bonds. The fourth-order valence-electron chi connectivity index (χ4n) is 4.19. The molecule has 1 N–H and O–H groups in total. The van der Waals surface area contributed by atoms with Crippen LogP contribution < -0.4 is 15.1 Å². The van der Waals surface area contributed by atoms with E-state index in [0.29, 0.717) is 33.1 Å². The monoisotopic (exact) mass is 468 g/mol. The van der Waals surface area contributed by atoms with Gasteiger partial charge >= 0.3 is 0 Å². The maximum Gasteiger partial charge on any atom is 0.265 e. The van der Waals surface area contributed by atoms with Crippen molar-refractivity contribution in [1.29, 1.82) is 0 Å². The summed E-state index contributed by atoms with van der Waals surface area (Å²) < 4.78 is 0. The Hall–Kier alpha value is -2.87. The normalized spacial score (nSPS) is 16.1. The lowest BCUT2D eigenvalue weighted by molar-refractivity contribution is 0.0982. The molecule has 2 aliphatic rings. The van der Waals surface area contributed by atoms with E-state index in [1.807, 2.05) is 18.0 Å². The van der Waals surface area contributed by atoms with E-state index in [-0.39, 0.29) is 12.6 Å². The second-order valence-electron chi connectivity index (χ2n) is 8.17. The summed E-state index contributed by atoms with van der Waals surface area (Å²) in [4.78, 5) is 28.0. The lowest BCUT2D eigenvalue weighted by Crippen LogP contribution is -2.46. The number of anilines is 4. The van der Waals surface area contributed by atoms with Gasteiger partial charge < -0.3 is 15.1 Å². The van der Waals surface area contributed by atoms with E-state index in [0.717, 1.165) is 25.2 Å². The van der Waals surface area contributed by atoms with E-state index in [9.17, 15) is 4.79 Å². The molecule has 0 unspecified atom stereocenters. The van der Waals surface area contributed by atoms with Gasteiger partial charge in [-0.3, -0.25) is 9.69 Å². The Morgan fingerprint density at radius 1 is 1.06 bits per heavy atom. The van der Waals surface area contributed by atoms with Crippen molar-refractivity contribution < 1.29 is 4.79 Å². The predicted molar refractivity (Wildman–Crippen MR) is 128 cm³/mol. The summed E-state index contributed by atoms with van der Waals surface area (Å²) in [5, 5.41) is 4.11. The van der Waals surface area contributed by atoms with E-state index in [1.165, 1.54) is 11.1 Å². The number of halogens is 2. The minimum absolute atomic E-state index is 0.239. The van der Waals surface area contributed by atoms with Gasteiger partial charge in [-0.2, -0.15) is 4.98 Å². The molecule has 9 heteroatoms. The van der Waals surface area contributed by atoms with Gasteiger partial charge in [0.05, 0.1) is 22.4 Å². The van der Waals surface area contributed by atoms with Crippen molar-refractivity contribution in [2.75, 3.05) is 42.4 Å². The van der Waals surface area contributed by atoms with Crippen LogP contribution in [0.3, 0.4) is 0 Å². The van der Waals surface area contributed by atoms with Gasteiger partial charge in [0.15, 0.2) is 0 Å². The van der Waals surface area contributed by atoms with E-state index in [4.69, 9.17) is 23.2 Å². The number of benzene rings is 2. The Labute approximate surface area is 196 Å². The molecule has 1 aromatic heterocycles. The number of hydrogen-bond acceptors (Lipinski definition) is 6. The summed E-state index contributed by atoms with van der Waals surface area (Å²) >= 11 is 12.7. The fourth-order valence-corrected chi connectivity index (χ4v) is 4.79. The molecule has 0 aliphatic carbocycles. The highest BCUT2D eigenvalue weighted by Gasteiger charge is 2.32. The minimum Gasteiger partial charge on any atom is -0.341 e. The molecule has 0 fully saturated rings. The van der Waals surface area contributed by atoms with E-state index in [1.54, 1.807) is 29.3 Å². The number of para-hydroxylation sites is 1. The van der Waals surface area contributed by atoms with Crippen LogP contribution in [0.5, 0.6) is 0 Å². The molecule has 5 rings (SSSR count). The quantitative estimate of drug-likeness (QED) is 0.607. The minimum atomic E-state index is -0.239. The van der Waals surface area contributed by atoms with E-state index in [2.05, 4.69) is 39.4 Å². The van der Waals surface area contributed by atoms with Gasteiger partial charge in [0.2, 0.25) is 5.95 Å². The summed E-state index contributed by atoms with van der Waals surface area (Å²) in [7, 11) is 4.00. The fraction of sp³-hybridized carbons (Fsp3) is 0.261. The summed E-state index contributed by atoms with van der Waals surface area (Å²) in [6, 6.07) is 11.5. The molecule has 0 saturated carbocycles. The number of aromatic nitrogens is 2. The first-order valence-corrected chi connectivity index (χ1v) is 11.1. The van der Waals surface area contributed by atoms with Gasteiger partial charge in [-0.1, -0.05) is 35.3 Å². The standard InChI is InChI=1S/C23H22Cl2N6O/c1-29-9-8-14-6-7-16(10-15(14)12-29)27-23-26-11-17-21(28-23)30(2)13-31(22(17)32)20-18(24)4-3-5-19(20)25/h3-7,10-11H,8-9,12-13H2,1-2H3,(H,26,27,28). The highest BCUT2D eigenvalue weighted by molar-refractivity contribution is 6.40. The SMILES string of the molecule is CN1CCc2ccc(Nc3ncc4c(n3)N(C)CN(c3c(Cl)cccc3Cl)C4=O)cc2C1. The predicted octanol–water partition coefficient (Wildman–Crippen LogP) is 4.57. The van der Waals surface area contributed by atoms with Crippen LogP contribution in [-0.4, -0.2) is 48.1 Å². The number of hydrogen-bond donors (Lipinski definition) is 1. The van der Waals surface area contributed by atoms with Gasteiger partial charge in [-0.25, -0.2) is 4.98 Å². The van der Waals surface area contributed by atoms with Crippen molar-refractivity contribution in [3.8, 4) is 0 Å². The molecule has 0 bridgehead atoms. The van der Waals surface area contributed by atoms with E-state index < -0.39 is 0 Å². The lowest BCUT2D eigenvalue weighted by atomic mass is 9.99. The topological polar surface area (TPSA) is 64.6 Å². The Morgan fingerprint density at radius 3 is 2.62 bits per heavy atom. The van der Waals surface area contributed by atoms with Gasteiger partial charge in [-0.15, -0.1) is 0 Å². The van der Waals surface area contributed by atoms with Crippen LogP contribution in [0.2, 0.25) is 10.0 Å². The Kier molecular flexibility index (Phi) is 5.41. The second-order valence-corrected chi connectivity index (χ2v) is 8.98. The molecular formula is C23H22Cl2N6O. The highest BCUT2D eigenvalue weighted by atomic mass is 35.5. The van der Waals surface area contributed by atoms with Crippen molar-refractivity contribution in [3.05, 3.63) is 69.3 Å². The van der Waals surface area contributed by atoms with Gasteiger partial charge in [0.1, 0.15) is 11.4 Å². The van der Waals surface area contributed by atoms with Crippen LogP contribution in [0.25, 0.3) is 0 Å². The Morgan fingerprint density at radius 2 is 1.84 bits per heavy atom. The zero-order valence-corrected chi connectivity index (χ0v) is 19.3. The molecular weight excluding hydrogens is 447 g/mol. The molecule has 0 spiro atoms. The maximum absolute atomic E-state index is 13.2. The first-order valence-electron chi connectivity index (χ1n) is 10.3. The number of carbonyl (C=O) groups is 1. The van der Waals surface area contributed by atoms with Crippen LogP contribution >= 0.6 is 23.2 Å². The largest absolute Gasteiger partial charge is 0.341 e. The van der Waals surface area contributed by atoms with E-state index >= 15 is 0 Å². The molecule has 2 aliphatic heterocycles. The van der Waals surface area contributed by atoms with Crippen LogP contribution in [-0.2, 0) is 13.0 Å². The van der Waals surface area contributed by atoms with Crippen LogP contribution in [0.1, 0.15) is 21.5 Å². The van der Waals surface area contributed by atoms with Crippen LogP contribution in [0.4, 0.5) is 23.1 Å². The van der Waals surface area contributed by atoms with Crippen molar-refractivity contribution in [3.63, 3.8) is 0 Å². The van der Waals surface area contributed by atoms with Crippen LogP contribution in [0, 0.1) is 0 Å².